The van der Waals surface area contributed by atoms with E-state index in [-0.39, 0.29) is 5.82 Å². The summed E-state index contributed by atoms with van der Waals surface area (Å²) in [5, 5.41) is 6.67. The van der Waals surface area contributed by atoms with Gasteiger partial charge in [-0.05, 0) is 43.7 Å². The maximum absolute atomic E-state index is 13.0. The summed E-state index contributed by atoms with van der Waals surface area (Å²) >= 11 is 0. The molecule has 1 aromatic heterocycles. The summed E-state index contributed by atoms with van der Waals surface area (Å²) in [5.41, 5.74) is 1.78. The lowest BCUT2D eigenvalue weighted by molar-refractivity contribution is 0.571. The van der Waals surface area contributed by atoms with Gasteiger partial charge in [-0.1, -0.05) is 13.8 Å². The van der Waals surface area contributed by atoms with Crippen molar-refractivity contribution in [3.63, 3.8) is 0 Å². The van der Waals surface area contributed by atoms with E-state index in [0.717, 1.165) is 49.7 Å². The van der Waals surface area contributed by atoms with Crippen LogP contribution in [0, 0.1) is 5.82 Å². The van der Waals surface area contributed by atoms with Gasteiger partial charge < -0.3 is 15.5 Å². The first-order valence-corrected chi connectivity index (χ1v) is 8.56. The number of aryl methyl sites for hydroxylation is 1. The highest BCUT2D eigenvalue weighted by atomic mass is 19.1. The van der Waals surface area contributed by atoms with Gasteiger partial charge in [0, 0.05) is 36.6 Å². The number of benzene rings is 1. The Balaban J connectivity index is 1.79. The smallest absolute Gasteiger partial charge is 0.229 e. The molecule has 0 bridgehead atoms. The Morgan fingerprint density at radius 1 is 1.21 bits per heavy atom. The summed E-state index contributed by atoms with van der Waals surface area (Å²) in [5.74, 6) is 1.26. The predicted octanol–water partition coefficient (Wildman–Crippen LogP) is 3.11. The van der Waals surface area contributed by atoms with Crippen molar-refractivity contribution in [3.8, 4) is 0 Å². The molecule has 1 aliphatic rings. The second-order valence-corrected chi connectivity index (χ2v) is 6.02. The zero-order valence-corrected chi connectivity index (χ0v) is 14.2. The van der Waals surface area contributed by atoms with Crippen molar-refractivity contribution in [2.75, 3.05) is 29.9 Å². The normalized spacial score (nSPS) is 17.3. The Hall–Kier alpha value is -2.21. The van der Waals surface area contributed by atoms with E-state index in [1.54, 1.807) is 12.1 Å². The first-order valence-electron chi connectivity index (χ1n) is 8.56. The first kappa shape index (κ1) is 16.6. The van der Waals surface area contributed by atoms with Gasteiger partial charge in [-0.3, -0.25) is 0 Å². The van der Waals surface area contributed by atoms with Gasteiger partial charge in [0.15, 0.2) is 0 Å². The molecule has 2 N–H and O–H groups in total. The third-order valence-electron chi connectivity index (χ3n) is 4.23. The van der Waals surface area contributed by atoms with Crippen LogP contribution in [-0.4, -0.2) is 35.6 Å². The lowest BCUT2D eigenvalue weighted by Gasteiger charge is -2.19. The molecule has 0 aliphatic carbocycles. The molecule has 1 aromatic carbocycles. The summed E-state index contributed by atoms with van der Waals surface area (Å²) in [6.07, 6.45) is 1.97. The zero-order chi connectivity index (χ0) is 16.9. The van der Waals surface area contributed by atoms with Crippen molar-refractivity contribution >= 4 is 17.5 Å². The van der Waals surface area contributed by atoms with Crippen LogP contribution in [0.3, 0.4) is 0 Å². The Kier molecular flexibility index (Phi) is 5.25. The molecule has 0 radical (unpaired) electrons. The van der Waals surface area contributed by atoms with Crippen LogP contribution in [0.1, 0.15) is 26.0 Å². The highest BCUT2D eigenvalue weighted by molar-refractivity contribution is 5.56. The monoisotopic (exact) mass is 329 g/mol. The molecule has 0 saturated carbocycles. The van der Waals surface area contributed by atoms with Crippen LogP contribution in [0.5, 0.6) is 0 Å². The van der Waals surface area contributed by atoms with Gasteiger partial charge in [0.25, 0.3) is 0 Å². The molecule has 2 aromatic rings. The third-order valence-corrected chi connectivity index (χ3v) is 4.23. The van der Waals surface area contributed by atoms with Crippen LogP contribution in [0.2, 0.25) is 0 Å². The second-order valence-electron chi connectivity index (χ2n) is 6.02. The summed E-state index contributed by atoms with van der Waals surface area (Å²) in [7, 11) is 0. The van der Waals surface area contributed by atoms with Crippen LogP contribution >= 0.6 is 0 Å². The van der Waals surface area contributed by atoms with Crippen LogP contribution in [0.15, 0.2) is 30.3 Å². The number of halogens is 1. The zero-order valence-electron chi connectivity index (χ0n) is 14.2. The van der Waals surface area contributed by atoms with Crippen LogP contribution in [-0.2, 0) is 6.42 Å². The minimum absolute atomic E-state index is 0.254. The molecule has 6 heteroatoms. The quantitative estimate of drug-likeness (QED) is 0.853. The van der Waals surface area contributed by atoms with Crippen molar-refractivity contribution in [3.05, 3.63) is 41.8 Å². The molecule has 0 amide bonds. The maximum atomic E-state index is 13.0. The number of nitrogens with zero attached hydrogens (tertiary/aromatic N) is 3. The van der Waals surface area contributed by atoms with E-state index in [2.05, 4.69) is 45.4 Å². The number of nitrogens with one attached hydrogen (secondary N) is 2. The molecule has 128 valence electrons. The number of hydrogen-bond acceptors (Lipinski definition) is 5. The van der Waals surface area contributed by atoms with E-state index in [4.69, 9.17) is 0 Å². The summed E-state index contributed by atoms with van der Waals surface area (Å²) in [4.78, 5) is 11.5. The largest absolute Gasteiger partial charge is 0.355 e. The van der Waals surface area contributed by atoms with E-state index in [1.807, 2.05) is 0 Å². The van der Waals surface area contributed by atoms with Crippen LogP contribution < -0.4 is 15.5 Å². The molecule has 0 unspecified atom stereocenters. The Labute approximate surface area is 142 Å². The number of rotatable bonds is 6. The highest BCUT2D eigenvalue weighted by Crippen LogP contribution is 2.22. The Bertz CT molecular complexity index is 674. The Morgan fingerprint density at radius 3 is 2.71 bits per heavy atom. The molecule has 2 heterocycles. The third kappa shape index (κ3) is 4.00. The van der Waals surface area contributed by atoms with Crippen molar-refractivity contribution in [1.82, 2.24) is 15.3 Å². The lowest BCUT2D eigenvalue weighted by atomic mass is 10.3. The van der Waals surface area contributed by atoms with Gasteiger partial charge in [-0.25, -0.2) is 9.37 Å². The van der Waals surface area contributed by atoms with Gasteiger partial charge in [-0.2, -0.15) is 4.98 Å². The standard InChI is InChI=1S/C18H24FN5/c1-3-14-11-17(24-10-9-16(12-24)20-4-2)23-18(21-14)22-15-7-5-13(19)6-8-15/h5-8,11,16,20H,3-4,9-10,12H2,1-2H3,(H,21,22,23)/t16-/m0/s1. The van der Waals surface area contributed by atoms with Crippen LogP contribution in [0.4, 0.5) is 21.8 Å². The second kappa shape index (κ2) is 7.57. The molecule has 24 heavy (non-hydrogen) atoms. The number of hydrogen-bond donors (Lipinski definition) is 2. The summed E-state index contributed by atoms with van der Waals surface area (Å²) in [6, 6.07) is 8.80. The SMILES string of the molecule is CCN[C@H]1CCN(c2cc(CC)nc(Nc3ccc(F)cc3)n2)C1. The lowest BCUT2D eigenvalue weighted by Crippen LogP contribution is -2.32. The fourth-order valence-corrected chi connectivity index (χ4v) is 2.97. The van der Waals surface area contributed by atoms with Gasteiger partial charge in [0.1, 0.15) is 11.6 Å². The number of likely N-dealkylation sites (N-methyl/N-ethyl adjacent to an activating group) is 1. The van der Waals surface area contributed by atoms with E-state index >= 15 is 0 Å². The van der Waals surface area contributed by atoms with E-state index in [0.29, 0.717) is 12.0 Å². The molecule has 1 aliphatic heterocycles. The van der Waals surface area contributed by atoms with Crippen molar-refractivity contribution < 1.29 is 4.39 Å². The van der Waals surface area contributed by atoms with E-state index in [9.17, 15) is 4.39 Å². The number of aromatic nitrogens is 2. The maximum Gasteiger partial charge on any atom is 0.229 e. The molecule has 1 atom stereocenters. The first-order chi connectivity index (χ1) is 11.7. The topological polar surface area (TPSA) is 53.1 Å². The number of anilines is 3. The average Bonchev–Trinajstić information content (AvgIpc) is 3.06. The molecular formula is C18H24FN5. The molecule has 1 saturated heterocycles. The highest BCUT2D eigenvalue weighted by Gasteiger charge is 2.23. The molecule has 0 spiro atoms. The Morgan fingerprint density at radius 2 is 2.00 bits per heavy atom. The fraction of sp³-hybridized carbons (Fsp3) is 0.444. The minimum Gasteiger partial charge on any atom is -0.355 e. The van der Waals surface area contributed by atoms with Gasteiger partial charge >= 0.3 is 0 Å². The van der Waals surface area contributed by atoms with E-state index < -0.39 is 0 Å². The van der Waals surface area contributed by atoms with Crippen molar-refractivity contribution in [2.45, 2.75) is 32.7 Å². The van der Waals surface area contributed by atoms with Gasteiger partial charge in [0.2, 0.25) is 5.95 Å². The van der Waals surface area contributed by atoms with Gasteiger partial charge in [-0.15, -0.1) is 0 Å². The van der Waals surface area contributed by atoms with Crippen molar-refractivity contribution in [2.24, 2.45) is 0 Å². The minimum atomic E-state index is -0.254. The molecular weight excluding hydrogens is 305 g/mol. The summed E-state index contributed by atoms with van der Waals surface area (Å²) < 4.78 is 13.0. The van der Waals surface area contributed by atoms with Gasteiger partial charge in [0.05, 0.1) is 0 Å². The van der Waals surface area contributed by atoms with Crippen LogP contribution in [0.25, 0.3) is 0 Å². The summed E-state index contributed by atoms with van der Waals surface area (Å²) in [6.45, 7) is 7.16. The van der Waals surface area contributed by atoms with Crippen molar-refractivity contribution in [1.29, 1.82) is 0 Å². The average molecular weight is 329 g/mol. The van der Waals surface area contributed by atoms with E-state index in [1.165, 1.54) is 12.1 Å². The fourth-order valence-electron chi connectivity index (χ4n) is 2.97. The predicted molar refractivity (Wildman–Crippen MR) is 95.4 cm³/mol. The molecule has 1 fully saturated rings. The molecule has 3 rings (SSSR count). The molecule has 5 nitrogen and oxygen atoms in total.